The number of amides is 1. The van der Waals surface area contributed by atoms with Gasteiger partial charge in [0.05, 0.1) is 10.7 Å². The number of carbonyl (C=O) groups excluding carboxylic acids is 1. The highest BCUT2D eigenvalue weighted by molar-refractivity contribution is 14.0. The van der Waals surface area contributed by atoms with E-state index in [1.54, 1.807) is 11.3 Å². The summed E-state index contributed by atoms with van der Waals surface area (Å²) in [5.41, 5.74) is 1.22. The van der Waals surface area contributed by atoms with Gasteiger partial charge in [-0.2, -0.15) is 0 Å². The molecule has 3 heterocycles. The molecule has 7 nitrogen and oxygen atoms in total. The van der Waals surface area contributed by atoms with Crippen LogP contribution in [-0.4, -0.2) is 72.5 Å². The van der Waals surface area contributed by atoms with Gasteiger partial charge in [-0.3, -0.25) is 14.7 Å². The van der Waals surface area contributed by atoms with Gasteiger partial charge >= 0.3 is 0 Å². The number of aliphatic imine (C=N–C) groups is 1. The molecule has 0 bridgehead atoms. The van der Waals surface area contributed by atoms with Crippen LogP contribution in [0.25, 0.3) is 0 Å². The Bertz CT molecular complexity index is 689. The van der Waals surface area contributed by atoms with E-state index < -0.39 is 0 Å². The van der Waals surface area contributed by atoms with Crippen LogP contribution in [0.4, 0.5) is 0 Å². The van der Waals surface area contributed by atoms with Crippen molar-refractivity contribution >= 4 is 47.2 Å². The minimum atomic E-state index is 0. The van der Waals surface area contributed by atoms with E-state index in [9.17, 15) is 4.79 Å². The molecule has 0 unspecified atom stereocenters. The predicted octanol–water partition coefficient (Wildman–Crippen LogP) is 3.10. The number of hydrogen-bond acceptors (Lipinski definition) is 5. The molecule has 31 heavy (non-hydrogen) atoms. The van der Waals surface area contributed by atoms with Crippen LogP contribution < -0.4 is 10.6 Å². The summed E-state index contributed by atoms with van der Waals surface area (Å²) in [6.45, 7) is 11.9. The quantitative estimate of drug-likeness (QED) is 0.199. The number of hydrogen-bond donors (Lipinski definition) is 2. The fourth-order valence-corrected chi connectivity index (χ4v) is 4.86. The molecule has 0 spiro atoms. The first-order valence-electron chi connectivity index (χ1n) is 11.6. The second-order valence-corrected chi connectivity index (χ2v) is 9.23. The summed E-state index contributed by atoms with van der Waals surface area (Å²) >= 11 is 1.78. The molecule has 176 valence electrons. The third kappa shape index (κ3) is 8.84. The fraction of sp³-hybridized carbons (Fsp3) is 0.773. The highest BCUT2D eigenvalue weighted by atomic mass is 127. The molecule has 2 N–H and O–H groups in total. The van der Waals surface area contributed by atoms with Gasteiger partial charge in [0, 0.05) is 51.1 Å². The molecule has 2 fully saturated rings. The molecule has 1 aromatic rings. The number of carbonyl (C=O) groups is 1. The monoisotopic (exact) mass is 562 g/mol. The molecular weight excluding hydrogens is 523 g/mol. The van der Waals surface area contributed by atoms with Crippen molar-refractivity contribution in [3.8, 4) is 0 Å². The average molecular weight is 563 g/mol. The normalized spacial score (nSPS) is 18.3. The summed E-state index contributed by atoms with van der Waals surface area (Å²) in [7, 11) is 0. The Morgan fingerprint density at radius 3 is 2.71 bits per heavy atom. The minimum absolute atomic E-state index is 0. The summed E-state index contributed by atoms with van der Waals surface area (Å²) in [6, 6.07) is 0. The molecule has 0 radical (unpaired) electrons. The average Bonchev–Trinajstić information content (AvgIpc) is 3.39. The second kappa shape index (κ2) is 14.3. The molecule has 2 saturated heterocycles. The second-order valence-electron chi connectivity index (χ2n) is 8.29. The van der Waals surface area contributed by atoms with Gasteiger partial charge in [0.25, 0.3) is 0 Å². The van der Waals surface area contributed by atoms with Crippen molar-refractivity contribution in [3.63, 3.8) is 0 Å². The van der Waals surface area contributed by atoms with Crippen molar-refractivity contribution in [1.29, 1.82) is 0 Å². The lowest BCUT2D eigenvalue weighted by Gasteiger charge is -2.30. The predicted molar refractivity (Wildman–Crippen MR) is 139 cm³/mol. The van der Waals surface area contributed by atoms with E-state index >= 15 is 0 Å². The highest BCUT2D eigenvalue weighted by Gasteiger charge is 2.20. The van der Waals surface area contributed by atoms with Crippen molar-refractivity contribution < 1.29 is 4.79 Å². The van der Waals surface area contributed by atoms with Crippen LogP contribution in [0.3, 0.4) is 0 Å². The molecule has 2 aliphatic rings. The Labute approximate surface area is 208 Å². The van der Waals surface area contributed by atoms with Crippen molar-refractivity contribution in [2.45, 2.75) is 58.9 Å². The van der Waals surface area contributed by atoms with Gasteiger partial charge in [-0.1, -0.05) is 6.92 Å². The Balaban J connectivity index is 0.00000341. The topological polar surface area (TPSA) is 72.9 Å². The van der Waals surface area contributed by atoms with Crippen LogP contribution in [0, 0.1) is 5.92 Å². The fourth-order valence-electron chi connectivity index (χ4n) is 4.12. The van der Waals surface area contributed by atoms with Gasteiger partial charge in [0.15, 0.2) is 5.96 Å². The van der Waals surface area contributed by atoms with Crippen LogP contribution in [0.5, 0.6) is 0 Å². The highest BCUT2D eigenvalue weighted by Crippen LogP contribution is 2.20. The van der Waals surface area contributed by atoms with Gasteiger partial charge in [-0.05, 0) is 58.0 Å². The van der Waals surface area contributed by atoms with Crippen LogP contribution >= 0.6 is 35.3 Å². The maximum Gasteiger partial charge on any atom is 0.222 e. The van der Waals surface area contributed by atoms with Crippen LogP contribution in [0.1, 0.15) is 56.7 Å². The maximum atomic E-state index is 11.7. The Kier molecular flexibility index (Phi) is 12.1. The lowest BCUT2D eigenvalue weighted by Crippen LogP contribution is -2.40. The molecule has 1 amide bonds. The maximum absolute atomic E-state index is 11.7. The van der Waals surface area contributed by atoms with Crippen LogP contribution in [-0.2, 0) is 17.8 Å². The smallest absolute Gasteiger partial charge is 0.222 e. The number of thiazole rings is 1. The number of piperidine rings is 1. The summed E-state index contributed by atoms with van der Waals surface area (Å²) < 4.78 is 0. The number of aryl methyl sites for hydroxylation is 1. The van der Waals surface area contributed by atoms with Crippen molar-refractivity contribution in [2.24, 2.45) is 10.9 Å². The Morgan fingerprint density at radius 1 is 1.26 bits per heavy atom. The van der Waals surface area contributed by atoms with E-state index in [-0.39, 0.29) is 24.0 Å². The van der Waals surface area contributed by atoms with E-state index in [0.29, 0.717) is 11.8 Å². The number of aromatic nitrogens is 1. The third-order valence-corrected chi connectivity index (χ3v) is 6.96. The van der Waals surface area contributed by atoms with E-state index in [2.05, 4.69) is 34.8 Å². The standard InChI is InChI=1S/C22H38N6OS.HI/c1-3-20-26-19(17-30-20)16-27-13-8-18(9-14-27)15-25-22(23-4-2)24-10-6-12-28-11-5-7-21(28)29;/h17-18H,3-16H2,1-2H3,(H2,23,24,25);1H. The molecule has 1 aromatic heterocycles. The van der Waals surface area contributed by atoms with Gasteiger partial charge in [-0.15, -0.1) is 35.3 Å². The first-order chi connectivity index (χ1) is 14.7. The zero-order valence-electron chi connectivity index (χ0n) is 19.1. The van der Waals surface area contributed by atoms with Crippen molar-refractivity contribution in [1.82, 2.24) is 25.4 Å². The largest absolute Gasteiger partial charge is 0.357 e. The minimum Gasteiger partial charge on any atom is -0.357 e. The van der Waals surface area contributed by atoms with Crippen LogP contribution in [0.2, 0.25) is 0 Å². The SMILES string of the molecule is CCNC(=NCC1CCN(Cc2csc(CC)n2)CC1)NCCCN1CCCC1=O.I. The Hall–Kier alpha value is -0.940. The van der Waals surface area contributed by atoms with E-state index in [0.717, 1.165) is 84.0 Å². The summed E-state index contributed by atoms with van der Waals surface area (Å²) in [5.74, 6) is 1.87. The van der Waals surface area contributed by atoms with Gasteiger partial charge in [0.2, 0.25) is 5.91 Å². The lowest BCUT2D eigenvalue weighted by molar-refractivity contribution is -0.127. The molecule has 3 rings (SSSR count). The zero-order chi connectivity index (χ0) is 21.2. The number of guanidine groups is 1. The summed E-state index contributed by atoms with van der Waals surface area (Å²) in [6.07, 6.45) is 6.13. The molecule has 0 saturated carbocycles. The number of nitrogens with zero attached hydrogens (tertiary/aromatic N) is 4. The third-order valence-electron chi connectivity index (χ3n) is 5.91. The number of likely N-dealkylation sites (tertiary alicyclic amines) is 2. The molecule has 9 heteroatoms. The molecule has 0 aromatic carbocycles. The van der Waals surface area contributed by atoms with Gasteiger partial charge in [0.1, 0.15) is 0 Å². The number of nitrogens with one attached hydrogen (secondary N) is 2. The van der Waals surface area contributed by atoms with E-state index in [1.165, 1.54) is 23.5 Å². The lowest BCUT2D eigenvalue weighted by atomic mass is 9.97. The molecule has 2 aliphatic heterocycles. The molecular formula is C22H39IN6OS. The first-order valence-corrected chi connectivity index (χ1v) is 12.5. The Morgan fingerprint density at radius 2 is 2.06 bits per heavy atom. The number of rotatable bonds is 10. The zero-order valence-corrected chi connectivity index (χ0v) is 22.2. The summed E-state index contributed by atoms with van der Waals surface area (Å²) in [4.78, 5) is 25.7. The van der Waals surface area contributed by atoms with Crippen LogP contribution in [0.15, 0.2) is 10.4 Å². The molecule has 0 aliphatic carbocycles. The molecule has 0 atom stereocenters. The first kappa shape index (κ1) is 26.3. The van der Waals surface area contributed by atoms with Crippen molar-refractivity contribution in [2.75, 3.05) is 45.8 Å². The summed E-state index contributed by atoms with van der Waals surface area (Å²) in [5, 5.41) is 10.2. The van der Waals surface area contributed by atoms with Gasteiger partial charge in [-0.25, -0.2) is 4.98 Å². The van der Waals surface area contributed by atoms with E-state index in [4.69, 9.17) is 9.98 Å². The number of halogens is 1. The van der Waals surface area contributed by atoms with E-state index in [1.807, 2.05) is 4.90 Å². The van der Waals surface area contributed by atoms with Crippen molar-refractivity contribution in [3.05, 3.63) is 16.1 Å². The van der Waals surface area contributed by atoms with Gasteiger partial charge < -0.3 is 15.5 Å².